The zero-order valence-electron chi connectivity index (χ0n) is 27.7. The van der Waals surface area contributed by atoms with Crippen molar-refractivity contribution in [2.24, 2.45) is 0 Å². The van der Waals surface area contributed by atoms with E-state index in [1.165, 1.54) is 57.6 Å². The first-order valence-electron chi connectivity index (χ1n) is 15.7. The fourth-order valence-corrected chi connectivity index (χ4v) is 7.18. The van der Waals surface area contributed by atoms with Gasteiger partial charge in [-0.3, -0.25) is 13.9 Å². The molecular formula is C35H45N3O8S. The van der Waals surface area contributed by atoms with E-state index < -0.39 is 28.5 Å². The van der Waals surface area contributed by atoms with Crippen LogP contribution in [-0.4, -0.2) is 78.7 Å². The molecular weight excluding hydrogens is 622 g/mol. The number of hydrogen-bond acceptors (Lipinski definition) is 8. The van der Waals surface area contributed by atoms with Crippen LogP contribution in [0.5, 0.6) is 23.0 Å². The number of carbonyl (C=O) groups excluding carboxylic acids is 2. The summed E-state index contributed by atoms with van der Waals surface area (Å²) in [5, 5.41) is 3.12. The summed E-state index contributed by atoms with van der Waals surface area (Å²) in [7, 11) is 1.32. The first kappa shape index (κ1) is 35.4. The standard InChI is InChI=1S/C35H45N3O8S/c1-25(35(40)36-27-14-10-7-11-15-27)37(21-20-26-12-8-6-9-13-26)34(39)24-38(30-22-28(43-2)16-18-31(30)44-3)47(41,42)29-17-19-32(45-4)33(23-29)46-5/h6,8-9,12-13,16-19,22-23,25,27H,7,10-11,14-15,20-21,24H2,1-5H3,(H,36,40). The van der Waals surface area contributed by atoms with Crippen molar-refractivity contribution in [1.29, 1.82) is 0 Å². The predicted molar refractivity (Wildman–Crippen MR) is 180 cm³/mol. The number of methoxy groups -OCH3 is 4. The first-order chi connectivity index (χ1) is 22.6. The van der Waals surface area contributed by atoms with E-state index in [2.05, 4.69) is 5.32 Å². The Balaban J connectivity index is 1.75. The summed E-state index contributed by atoms with van der Waals surface area (Å²) >= 11 is 0. The molecule has 0 heterocycles. The SMILES string of the molecule is COc1ccc(OC)c(N(CC(=O)N(CCc2ccccc2)C(C)C(=O)NC2CCCCC2)S(=O)(=O)c2ccc(OC)c(OC)c2)c1. The predicted octanol–water partition coefficient (Wildman–Crippen LogP) is 4.83. The van der Waals surface area contributed by atoms with E-state index in [1.807, 2.05) is 30.3 Å². The Kier molecular flexibility index (Phi) is 12.4. The number of nitrogens with zero attached hydrogens (tertiary/aromatic N) is 2. The molecule has 3 aromatic rings. The van der Waals surface area contributed by atoms with Crippen molar-refractivity contribution >= 4 is 27.5 Å². The van der Waals surface area contributed by atoms with Gasteiger partial charge in [-0.2, -0.15) is 0 Å². The van der Waals surface area contributed by atoms with Crippen LogP contribution >= 0.6 is 0 Å². The maximum atomic E-state index is 14.5. The van der Waals surface area contributed by atoms with Gasteiger partial charge >= 0.3 is 0 Å². The van der Waals surface area contributed by atoms with Gasteiger partial charge in [0.1, 0.15) is 24.1 Å². The minimum atomic E-state index is -4.42. The van der Waals surface area contributed by atoms with Crippen molar-refractivity contribution in [3.63, 3.8) is 0 Å². The van der Waals surface area contributed by atoms with Gasteiger partial charge in [-0.1, -0.05) is 49.6 Å². The smallest absolute Gasteiger partial charge is 0.265 e. The molecule has 0 bridgehead atoms. The third-order valence-corrected chi connectivity index (χ3v) is 10.2. The number of amides is 2. The molecule has 2 amide bonds. The number of anilines is 1. The molecule has 3 aromatic carbocycles. The number of nitrogens with one attached hydrogen (secondary N) is 1. The van der Waals surface area contributed by atoms with Gasteiger partial charge in [-0.25, -0.2) is 8.42 Å². The second-order valence-electron chi connectivity index (χ2n) is 11.4. The molecule has 0 aliphatic heterocycles. The van der Waals surface area contributed by atoms with Crippen LogP contribution < -0.4 is 28.6 Å². The number of sulfonamides is 1. The number of rotatable bonds is 15. The van der Waals surface area contributed by atoms with Gasteiger partial charge in [0.05, 0.1) is 39.0 Å². The monoisotopic (exact) mass is 667 g/mol. The van der Waals surface area contributed by atoms with E-state index >= 15 is 0 Å². The van der Waals surface area contributed by atoms with Crippen LogP contribution in [0.4, 0.5) is 5.69 Å². The largest absolute Gasteiger partial charge is 0.497 e. The molecule has 11 nitrogen and oxygen atoms in total. The van der Waals surface area contributed by atoms with Crippen LogP contribution in [0.15, 0.2) is 71.6 Å². The Labute approximate surface area is 277 Å². The van der Waals surface area contributed by atoms with Crippen molar-refractivity contribution in [2.45, 2.75) is 62.4 Å². The third-order valence-electron chi connectivity index (χ3n) is 8.48. The minimum Gasteiger partial charge on any atom is -0.497 e. The number of benzene rings is 3. The Bertz CT molecular complexity index is 1610. The molecule has 1 atom stereocenters. The molecule has 1 saturated carbocycles. The van der Waals surface area contributed by atoms with Crippen molar-refractivity contribution in [3.05, 3.63) is 72.3 Å². The quantitative estimate of drug-likeness (QED) is 0.245. The summed E-state index contributed by atoms with van der Waals surface area (Å²) in [5.74, 6) is 0.295. The molecule has 47 heavy (non-hydrogen) atoms. The molecule has 1 unspecified atom stereocenters. The topological polar surface area (TPSA) is 124 Å². The molecule has 1 fully saturated rings. The van der Waals surface area contributed by atoms with E-state index in [0.29, 0.717) is 17.9 Å². The second kappa shape index (κ2) is 16.4. The van der Waals surface area contributed by atoms with Gasteiger partial charge in [-0.15, -0.1) is 0 Å². The van der Waals surface area contributed by atoms with Gasteiger partial charge in [0.2, 0.25) is 11.8 Å². The fraction of sp³-hybridized carbons (Fsp3) is 0.429. The molecule has 1 N–H and O–H groups in total. The summed E-state index contributed by atoms with van der Waals surface area (Å²) in [6.45, 7) is 1.26. The Morgan fingerprint density at radius 1 is 0.830 bits per heavy atom. The summed E-state index contributed by atoms with van der Waals surface area (Å²) in [5.41, 5.74) is 1.08. The zero-order valence-corrected chi connectivity index (χ0v) is 28.5. The minimum absolute atomic E-state index is 0.0488. The van der Waals surface area contributed by atoms with E-state index in [-0.39, 0.29) is 40.6 Å². The normalized spacial score (nSPS) is 14.1. The molecule has 4 rings (SSSR count). The summed E-state index contributed by atoms with van der Waals surface area (Å²) in [6.07, 6.45) is 5.48. The molecule has 254 valence electrons. The maximum absolute atomic E-state index is 14.5. The Hall–Kier alpha value is -4.45. The first-order valence-corrected chi connectivity index (χ1v) is 17.2. The lowest BCUT2D eigenvalue weighted by atomic mass is 9.95. The lowest BCUT2D eigenvalue weighted by Gasteiger charge is -2.33. The van der Waals surface area contributed by atoms with Crippen LogP contribution in [0.2, 0.25) is 0 Å². The molecule has 0 aromatic heterocycles. The van der Waals surface area contributed by atoms with E-state index in [4.69, 9.17) is 18.9 Å². The van der Waals surface area contributed by atoms with Crippen molar-refractivity contribution < 1.29 is 37.0 Å². The van der Waals surface area contributed by atoms with Crippen LogP contribution in [0, 0.1) is 0 Å². The summed E-state index contributed by atoms with van der Waals surface area (Å²) in [4.78, 5) is 29.2. The van der Waals surface area contributed by atoms with Gasteiger partial charge in [0, 0.05) is 24.7 Å². The highest BCUT2D eigenvalue weighted by Gasteiger charge is 2.35. The summed E-state index contributed by atoms with van der Waals surface area (Å²) in [6, 6.07) is 17.7. The molecule has 0 saturated heterocycles. The average Bonchev–Trinajstić information content (AvgIpc) is 3.10. The van der Waals surface area contributed by atoms with Crippen LogP contribution in [0.3, 0.4) is 0 Å². The number of hydrogen-bond donors (Lipinski definition) is 1. The second-order valence-corrected chi connectivity index (χ2v) is 13.3. The Morgan fingerprint density at radius 2 is 1.49 bits per heavy atom. The lowest BCUT2D eigenvalue weighted by molar-refractivity contribution is -0.139. The van der Waals surface area contributed by atoms with Crippen molar-refractivity contribution in [2.75, 3.05) is 45.8 Å². The van der Waals surface area contributed by atoms with Crippen LogP contribution in [0.1, 0.15) is 44.6 Å². The van der Waals surface area contributed by atoms with Crippen LogP contribution in [0.25, 0.3) is 0 Å². The molecule has 0 spiro atoms. The van der Waals surface area contributed by atoms with Crippen LogP contribution in [-0.2, 0) is 26.0 Å². The maximum Gasteiger partial charge on any atom is 0.265 e. The Morgan fingerprint density at radius 3 is 2.13 bits per heavy atom. The van der Waals surface area contributed by atoms with Gasteiger partial charge < -0.3 is 29.2 Å². The highest BCUT2D eigenvalue weighted by atomic mass is 32.2. The van der Waals surface area contributed by atoms with E-state index in [9.17, 15) is 18.0 Å². The molecule has 1 aliphatic rings. The molecule has 0 radical (unpaired) electrons. The van der Waals surface area contributed by atoms with E-state index in [0.717, 1.165) is 42.0 Å². The van der Waals surface area contributed by atoms with Crippen molar-refractivity contribution in [1.82, 2.24) is 10.2 Å². The average molecular weight is 668 g/mol. The van der Waals surface area contributed by atoms with Gasteiger partial charge in [0.25, 0.3) is 10.0 Å². The molecule has 12 heteroatoms. The third kappa shape index (κ3) is 8.68. The molecule has 1 aliphatic carbocycles. The lowest BCUT2D eigenvalue weighted by Crippen LogP contribution is -2.53. The number of carbonyl (C=O) groups is 2. The van der Waals surface area contributed by atoms with Gasteiger partial charge in [0.15, 0.2) is 11.5 Å². The highest BCUT2D eigenvalue weighted by molar-refractivity contribution is 7.92. The number of ether oxygens (including phenoxy) is 4. The summed E-state index contributed by atoms with van der Waals surface area (Å²) < 4.78 is 51.6. The van der Waals surface area contributed by atoms with E-state index in [1.54, 1.807) is 19.1 Å². The van der Waals surface area contributed by atoms with Crippen molar-refractivity contribution in [3.8, 4) is 23.0 Å². The zero-order chi connectivity index (χ0) is 34.0. The van der Waals surface area contributed by atoms with Gasteiger partial charge in [-0.05, 0) is 56.0 Å². The highest BCUT2D eigenvalue weighted by Crippen LogP contribution is 2.37. The fourth-order valence-electron chi connectivity index (χ4n) is 5.75.